The van der Waals surface area contributed by atoms with Gasteiger partial charge in [0.25, 0.3) is 0 Å². The van der Waals surface area contributed by atoms with E-state index in [1.165, 1.54) is 27.8 Å². The molecular formula is C24H34. The van der Waals surface area contributed by atoms with Crippen molar-refractivity contribution in [3.8, 4) is 11.1 Å². The lowest BCUT2D eigenvalue weighted by Gasteiger charge is -2.27. The van der Waals surface area contributed by atoms with Crippen molar-refractivity contribution >= 4 is 0 Å². The summed E-state index contributed by atoms with van der Waals surface area (Å²) in [5.74, 6) is 2.13. The van der Waals surface area contributed by atoms with E-state index < -0.39 is 0 Å². The Labute approximate surface area is 149 Å². The highest BCUT2D eigenvalue weighted by Gasteiger charge is 2.22. The van der Waals surface area contributed by atoms with Gasteiger partial charge in [0.2, 0.25) is 0 Å². The lowest BCUT2D eigenvalue weighted by atomic mass is 9.78. The minimum atomic E-state index is 0.524. The van der Waals surface area contributed by atoms with Crippen LogP contribution in [0.3, 0.4) is 0 Å². The normalized spacial score (nSPS) is 12.0. The summed E-state index contributed by atoms with van der Waals surface area (Å²) < 4.78 is 0. The lowest BCUT2D eigenvalue weighted by Crippen LogP contribution is -2.07. The van der Waals surface area contributed by atoms with Gasteiger partial charge in [-0.05, 0) is 57.1 Å². The summed E-state index contributed by atoms with van der Waals surface area (Å²) in [6.45, 7) is 18.5. The summed E-state index contributed by atoms with van der Waals surface area (Å²) in [6.07, 6.45) is 0. The first-order chi connectivity index (χ1) is 11.3. The molecule has 2 aromatic rings. The molecule has 0 spiro atoms. The van der Waals surface area contributed by atoms with Gasteiger partial charge < -0.3 is 0 Å². The van der Waals surface area contributed by atoms with E-state index in [2.05, 4.69) is 91.8 Å². The van der Waals surface area contributed by atoms with Crippen LogP contribution < -0.4 is 0 Å². The van der Waals surface area contributed by atoms with Crippen molar-refractivity contribution in [2.45, 2.75) is 79.1 Å². The highest BCUT2D eigenvalue weighted by atomic mass is 14.3. The van der Waals surface area contributed by atoms with E-state index in [0.29, 0.717) is 23.7 Å². The van der Waals surface area contributed by atoms with E-state index in [9.17, 15) is 0 Å². The third-order valence-corrected chi connectivity index (χ3v) is 4.98. The summed E-state index contributed by atoms with van der Waals surface area (Å²) in [5, 5.41) is 0. The van der Waals surface area contributed by atoms with Crippen LogP contribution in [0, 0.1) is 0 Å². The van der Waals surface area contributed by atoms with Crippen LogP contribution in [0.2, 0.25) is 0 Å². The van der Waals surface area contributed by atoms with Gasteiger partial charge in [-0.2, -0.15) is 0 Å². The topological polar surface area (TPSA) is 0 Å². The molecule has 0 bridgehead atoms. The molecule has 0 heteroatoms. The molecule has 0 saturated carbocycles. The third kappa shape index (κ3) is 3.58. The van der Waals surface area contributed by atoms with Crippen molar-refractivity contribution in [3.05, 3.63) is 58.7 Å². The first-order valence-electron chi connectivity index (χ1n) is 9.51. The van der Waals surface area contributed by atoms with Gasteiger partial charge in [-0.1, -0.05) is 91.8 Å². The fourth-order valence-electron chi connectivity index (χ4n) is 3.79. The molecule has 2 aromatic carbocycles. The quantitative estimate of drug-likeness (QED) is 0.525. The molecule has 0 radical (unpaired) electrons. The summed E-state index contributed by atoms with van der Waals surface area (Å²) >= 11 is 0. The van der Waals surface area contributed by atoms with Crippen LogP contribution in [0.1, 0.15) is 101 Å². The zero-order valence-corrected chi connectivity index (χ0v) is 16.8. The van der Waals surface area contributed by atoms with Gasteiger partial charge in [0, 0.05) is 0 Å². The molecule has 0 unspecified atom stereocenters. The molecule has 24 heavy (non-hydrogen) atoms. The molecule has 0 heterocycles. The van der Waals surface area contributed by atoms with Crippen LogP contribution in [-0.2, 0) is 0 Å². The fraction of sp³-hybridized carbons (Fsp3) is 0.500. The molecule has 0 saturated heterocycles. The summed E-state index contributed by atoms with van der Waals surface area (Å²) in [4.78, 5) is 0. The molecule has 0 atom stereocenters. The Kier molecular flexibility index (Phi) is 5.91. The van der Waals surface area contributed by atoms with Crippen molar-refractivity contribution in [3.63, 3.8) is 0 Å². The Balaban J connectivity index is 2.92. The molecule has 0 fully saturated rings. The average Bonchev–Trinajstić information content (AvgIpc) is 2.52. The van der Waals surface area contributed by atoms with Crippen molar-refractivity contribution in [1.82, 2.24) is 0 Å². The first-order valence-corrected chi connectivity index (χ1v) is 9.51. The minimum absolute atomic E-state index is 0.524. The highest BCUT2D eigenvalue weighted by molar-refractivity contribution is 5.77. The standard InChI is InChI=1S/C24H34/c1-15(2)19-11-9-10-12-22(19)24-21(17(5)6)14-13-20(16(3)4)23(24)18(7)8/h9-18H,1-8H3. The molecule has 0 nitrogen and oxygen atoms in total. The van der Waals surface area contributed by atoms with Crippen LogP contribution in [0.4, 0.5) is 0 Å². The Morgan fingerprint density at radius 3 is 1.50 bits per heavy atom. The molecule has 0 aromatic heterocycles. The van der Waals surface area contributed by atoms with Crippen molar-refractivity contribution in [1.29, 1.82) is 0 Å². The van der Waals surface area contributed by atoms with E-state index in [-0.39, 0.29) is 0 Å². The number of hydrogen-bond donors (Lipinski definition) is 0. The van der Waals surface area contributed by atoms with Crippen LogP contribution >= 0.6 is 0 Å². The fourth-order valence-corrected chi connectivity index (χ4v) is 3.79. The molecule has 0 aliphatic rings. The summed E-state index contributed by atoms with van der Waals surface area (Å²) in [7, 11) is 0. The maximum atomic E-state index is 2.37. The molecule has 0 aliphatic heterocycles. The molecule has 130 valence electrons. The third-order valence-electron chi connectivity index (χ3n) is 4.98. The van der Waals surface area contributed by atoms with Crippen molar-refractivity contribution in [2.75, 3.05) is 0 Å². The Morgan fingerprint density at radius 2 is 1.00 bits per heavy atom. The molecule has 0 N–H and O–H groups in total. The SMILES string of the molecule is CC(C)c1ccccc1-c1c(C(C)C)ccc(C(C)C)c1C(C)C. The van der Waals surface area contributed by atoms with Crippen LogP contribution in [0.25, 0.3) is 11.1 Å². The largest absolute Gasteiger partial charge is 0.0619 e. The van der Waals surface area contributed by atoms with E-state index >= 15 is 0 Å². The van der Waals surface area contributed by atoms with Gasteiger partial charge in [-0.3, -0.25) is 0 Å². The molecule has 0 amide bonds. The van der Waals surface area contributed by atoms with Gasteiger partial charge in [0.05, 0.1) is 0 Å². The summed E-state index contributed by atoms with van der Waals surface area (Å²) in [5.41, 5.74) is 8.92. The predicted molar refractivity (Wildman–Crippen MR) is 108 cm³/mol. The summed E-state index contributed by atoms with van der Waals surface area (Å²) in [6, 6.07) is 13.7. The van der Waals surface area contributed by atoms with Gasteiger partial charge in [0.15, 0.2) is 0 Å². The number of benzene rings is 2. The average molecular weight is 323 g/mol. The Bertz CT molecular complexity index is 687. The van der Waals surface area contributed by atoms with E-state index in [4.69, 9.17) is 0 Å². The Morgan fingerprint density at radius 1 is 0.500 bits per heavy atom. The van der Waals surface area contributed by atoms with E-state index in [1.807, 2.05) is 0 Å². The monoisotopic (exact) mass is 322 g/mol. The molecular weight excluding hydrogens is 288 g/mol. The minimum Gasteiger partial charge on any atom is -0.0619 e. The number of hydrogen-bond acceptors (Lipinski definition) is 0. The smallest absolute Gasteiger partial charge is 0.0109 e. The van der Waals surface area contributed by atoms with Crippen LogP contribution in [0.15, 0.2) is 36.4 Å². The van der Waals surface area contributed by atoms with Crippen LogP contribution in [0.5, 0.6) is 0 Å². The maximum absolute atomic E-state index is 2.37. The second-order valence-corrected chi connectivity index (χ2v) is 8.24. The van der Waals surface area contributed by atoms with E-state index in [1.54, 1.807) is 5.56 Å². The number of rotatable bonds is 5. The Hall–Kier alpha value is -1.56. The van der Waals surface area contributed by atoms with Gasteiger partial charge in [0.1, 0.15) is 0 Å². The second-order valence-electron chi connectivity index (χ2n) is 8.24. The second kappa shape index (κ2) is 7.55. The zero-order chi connectivity index (χ0) is 18.0. The molecule has 0 aliphatic carbocycles. The zero-order valence-electron chi connectivity index (χ0n) is 16.8. The van der Waals surface area contributed by atoms with Gasteiger partial charge in [-0.15, -0.1) is 0 Å². The molecule has 2 rings (SSSR count). The van der Waals surface area contributed by atoms with Crippen molar-refractivity contribution in [2.24, 2.45) is 0 Å². The predicted octanol–water partition coefficient (Wildman–Crippen LogP) is 7.85. The van der Waals surface area contributed by atoms with Gasteiger partial charge >= 0.3 is 0 Å². The van der Waals surface area contributed by atoms with Crippen molar-refractivity contribution < 1.29 is 0 Å². The maximum Gasteiger partial charge on any atom is -0.0109 e. The van der Waals surface area contributed by atoms with E-state index in [0.717, 1.165) is 0 Å². The highest BCUT2D eigenvalue weighted by Crippen LogP contribution is 2.42. The van der Waals surface area contributed by atoms with Crippen LogP contribution in [-0.4, -0.2) is 0 Å². The van der Waals surface area contributed by atoms with Gasteiger partial charge in [-0.25, -0.2) is 0 Å². The lowest BCUT2D eigenvalue weighted by molar-refractivity contribution is 0.779. The first kappa shape index (κ1) is 18.8.